The number of nitrogens with one attached hydrogen (secondary N) is 2. The maximum absolute atomic E-state index is 12.8. The van der Waals surface area contributed by atoms with Crippen LogP contribution in [0.4, 0.5) is 5.69 Å². The van der Waals surface area contributed by atoms with E-state index in [-0.39, 0.29) is 17.7 Å². The number of esters is 1. The lowest BCUT2D eigenvalue weighted by Crippen LogP contribution is -2.47. The van der Waals surface area contributed by atoms with Crippen LogP contribution in [-0.2, 0) is 9.53 Å². The molecule has 0 aromatic heterocycles. The largest absolute Gasteiger partial charge is 0.462 e. The van der Waals surface area contributed by atoms with Gasteiger partial charge in [0.2, 0.25) is 5.91 Å². The first kappa shape index (κ1) is 21.2. The second-order valence-corrected chi connectivity index (χ2v) is 6.49. The van der Waals surface area contributed by atoms with Crippen LogP contribution in [0.15, 0.2) is 54.6 Å². The minimum absolute atomic E-state index is 0.0496. The summed E-state index contributed by atoms with van der Waals surface area (Å²) in [7, 11) is 0. The van der Waals surface area contributed by atoms with Gasteiger partial charge in [-0.3, -0.25) is 9.59 Å². The third-order valence-electron chi connectivity index (χ3n) is 4.48. The lowest BCUT2D eigenvalue weighted by atomic mass is 9.97. The minimum Gasteiger partial charge on any atom is -0.462 e. The van der Waals surface area contributed by atoms with Gasteiger partial charge in [-0.25, -0.2) is 4.79 Å². The van der Waals surface area contributed by atoms with Crippen LogP contribution < -0.4 is 10.6 Å². The molecule has 6 nitrogen and oxygen atoms in total. The Hall–Kier alpha value is -3.15. The van der Waals surface area contributed by atoms with Gasteiger partial charge in [-0.15, -0.1) is 0 Å². The Labute approximate surface area is 165 Å². The van der Waals surface area contributed by atoms with Crippen molar-refractivity contribution in [3.63, 3.8) is 0 Å². The fourth-order valence-corrected chi connectivity index (χ4v) is 2.64. The first-order valence-electron chi connectivity index (χ1n) is 9.40. The van der Waals surface area contributed by atoms with Gasteiger partial charge in [0.25, 0.3) is 5.91 Å². The molecule has 0 aliphatic carbocycles. The summed E-state index contributed by atoms with van der Waals surface area (Å²) in [6.45, 7) is 5.92. The highest BCUT2D eigenvalue weighted by Crippen LogP contribution is 2.15. The Morgan fingerprint density at radius 1 is 0.929 bits per heavy atom. The summed E-state index contributed by atoms with van der Waals surface area (Å²) in [5.74, 6) is -1.05. The summed E-state index contributed by atoms with van der Waals surface area (Å²) in [6, 6.07) is 14.6. The topological polar surface area (TPSA) is 84.5 Å². The highest BCUT2D eigenvalue weighted by Gasteiger charge is 2.26. The van der Waals surface area contributed by atoms with Crippen LogP contribution in [0.3, 0.4) is 0 Å². The molecule has 2 N–H and O–H groups in total. The molecular formula is C22H26N2O4. The van der Waals surface area contributed by atoms with E-state index < -0.39 is 12.0 Å². The fourth-order valence-electron chi connectivity index (χ4n) is 2.64. The second-order valence-electron chi connectivity index (χ2n) is 6.49. The van der Waals surface area contributed by atoms with Crippen LogP contribution in [0, 0.1) is 5.92 Å². The Balaban J connectivity index is 2.08. The van der Waals surface area contributed by atoms with E-state index in [2.05, 4.69) is 10.6 Å². The zero-order valence-corrected chi connectivity index (χ0v) is 16.4. The number of carbonyl (C=O) groups is 3. The molecule has 0 saturated carbocycles. The van der Waals surface area contributed by atoms with Crippen LogP contribution >= 0.6 is 0 Å². The van der Waals surface area contributed by atoms with Gasteiger partial charge in [0.05, 0.1) is 12.2 Å². The summed E-state index contributed by atoms with van der Waals surface area (Å²) in [5.41, 5.74) is 1.46. The number of hydrogen-bond donors (Lipinski definition) is 2. The number of anilines is 1. The molecule has 0 spiro atoms. The number of ether oxygens (including phenoxy) is 1. The normalized spacial score (nSPS) is 12.5. The predicted molar refractivity (Wildman–Crippen MR) is 108 cm³/mol. The van der Waals surface area contributed by atoms with E-state index in [0.717, 1.165) is 6.42 Å². The summed E-state index contributed by atoms with van der Waals surface area (Å²) in [4.78, 5) is 37.0. The summed E-state index contributed by atoms with van der Waals surface area (Å²) >= 11 is 0. The number of carbonyl (C=O) groups excluding carboxylic acids is 3. The summed E-state index contributed by atoms with van der Waals surface area (Å²) in [5, 5.41) is 5.63. The third kappa shape index (κ3) is 5.67. The Morgan fingerprint density at radius 2 is 1.57 bits per heavy atom. The first-order chi connectivity index (χ1) is 13.5. The summed E-state index contributed by atoms with van der Waals surface area (Å²) in [6.07, 6.45) is 0.731. The van der Waals surface area contributed by atoms with E-state index in [4.69, 9.17) is 4.74 Å². The van der Waals surface area contributed by atoms with Gasteiger partial charge >= 0.3 is 5.97 Å². The van der Waals surface area contributed by atoms with Crippen molar-refractivity contribution in [3.8, 4) is 0 Å². The molecule has 2 unspecified atom stereocenters. The van der Waals surface area contributed by atoms with Gasteiger partial charge in [-0.2, -0.15) is 0 Å². The second kappa shape index (κ2) is 10.3. The van der Waals surface area contributed by atoms with Crippen LogP contribution in [0.25, 0.3) is 0 Å². The molecule has 2 aromatic carbocycles. The quantitative estimate of drug-likeness (QED) is 0.683. The van der Waals surface area contributed by atoms with Crippen molar-refractivity contribution in [2.24, 2.45) is 5.92 Å². The molecule has 0 fully saturated rings. The molecular weight excluding hydrogens is 356 g/mol. The first-order valence-corrected chi connectivity index (χ1v) is 9.40. The average molecular weight is 382 g/mol. The van der Waals surface area contributed by atoms with Crippen LogP contribution in [0.2, 0.25) is 0 Å². The van der Waals surface area contributed by atoms with Crippen molar-refractivity contribution in [2.75, 3.05) is 11.9 Å². The van der Waals surface area contributed by atoms with E-state index in [1.54, 1.807) is 55.5 Å². The zero-order valence-electron chi connectivity index (χ0n) is 16.4. The third-order valence-corrected chi connectivity index (χ3v) is 4.48. The van der Waals surface area contributed by atoms with Crippen molar-refractivity contribution in [2.45, 2.75) is 33.2 Å². The number of hydrogen-bond acceptors (Lipinski definition) is 4. The molecule has 0 aliphatic rings. The van der Waals surface area contributed by atoms with Gasteiger partial charge < -0.3 is 15.4 Å². The Bertz CT molecular complexity index is 803. The predicted octanol–water partition coefficient (Wildman–Crippen LogP) is 3.65. The van der Waals surface area contributed by atoms with Gasteiger partial charge in [0.15, 0.2) is 0 Å². The molecule has 28 heavy (non-hydrogen) atoms. The van der Waals surface area contributed by atoms with E-state index >= 15 is 0 Å². The standard InChI is InChI=1S/C22H26N2O4/c1-4-15(3)19(24-20(25)16-9-7-6-8-10-16)21(26)23-18-13-11-17(12-14-18)22(27)28-5-2/h6-15,19H,4-5H2,1-3H3,(H,23,26)(H,24,25). The molecule has 0 heterocycles. The molecule has 6 heteroatoms. The molecule has 0 aliphatic heterocycles. The fraction of sp³-hybridized carbons (Fsp3) is 0.318. The number of amides is 2. The number of rotatable bonds is 8. The maximum atomic E-state index is 12.8. The molecule has 2 atom stereocenters. The molecule has 2 rings (SSSR count). The monoisotopic (exact) mass is 382 g/mol. The van der Waals surface area contributed by atoms with E-state index in [1.807, 2.05) is 19.9 Å². The van der Waals surface area contributed by atoms with E-state index in [9.17, 15) is 14.4 Å². The van der Waals surface area contributed by atoms with Crippen LogP contribution in [0.5, 0.6) is 0 Å². The van der Waals surface area contributed by atoms with Crippen molar-refractivity contribution in [1.82, 2.24) is 5.32 Å². The molecule has 148 valence electrons. The van der Waals surface area contributed by atoms with Gasteiger partial charge in [-0.05, 0) is 49.2 Å². The maximum Gasteiger partial charge on any atom is 0.338 e. The van der Waals surface area contributed by atoms with Crippen molar-refractivity contribution < 1.29 is 19.1 Å². The average Bonchev–Trinajstić information content (AvgIpc) is 2.72. The van der Waals surface area contributed by atoms with E-state index in [1.165, 1.54) is 0 Å². The minimum atomic E-state index is -0.678. The molecule has 2 amide bonds. The highest BCUT2D eigenvalue weighted by molar-refractivity contribution is 6.01. The Kier molecular flexibility index (Phi) is 7.75. The van der Waals surface area contributed by atoms with Gasteiger partial charge in [0, 0.05) is 11.3 Å². The molecule has 0 radical (unpaired) electrons. The summed E-state index contributed by atoms with van der Waals surface area (Å²) < 4.78 is 4.95. The molecule has 0 bridgehead atoms. The molecule has 0 saturated heterocycles. The molecule has 2 aromatic rings. The SMILES string of the molecule is CCOC(=O)c1ccc(NC(=O)C(NC(=O)c2ccccc2)C(C)CC)cc1. The lowest BCUT2D eigenvalue weighted by Gasteiger charge is -2.23. The van der Waals surface area contributed by atoms with Crippen LogP contribution in [-0.4, -0.2) is 30.4 Å². The van der Waals surface area contributed by atoms with Crippen molar-refractivity contribution >= 4 is 23.5 Å². The number of benzene rings is 2. The smallest absolute Gasteiger partial charge is 0.338 e. The van der Waals surface area contributed by atoms with Crippen molar-refractivity contribution in [1.29, 1.82) is 0 Å². The van der Waals surface area contributed by atoms with E-state index in [0.29, 0.717) is 23.4 Å². The van der Waals surface area contributed by atoms with Gasteiger partial charge in [0.1, 0.15) is 6.04 Å². The van der Waals surface area contributed by atoms with Crippen LogP contribution in [0.1, 0.15) is 47.9 Å². The Morgan fingerprint density at radius 3 is 2.14 bits per heavy atom. The highest BCUT2D eigenvalue weighted by atomic mass is 16.5. The van der Waals surface area contributed by atoms with Crippen molar-refractivity contribution in [3.05, 3.63) is 65.7 Å². The zero-order chi connectivity index (χ0) is 20.5. The van der Waals surface area contributed by atoms with Gasteiger partial charge in [-0.1, -0.05) is 38.5 Å². The lowest BCUT2D eigenvalue weighted by molar-refractivity contribution is -0.119.